The number of benzene rings is 2. The van der Waals surface area contributed by atoms with Gasteiger partial charge < -0.3 is 9.64 Å². The van der Waals surface area contributed by atoms with Gasteiger partial charge in [-0.25, -0.2) is 9.67 Å². The van der Waals surface area contributed by atoms with Gasteiger partial charge in [-0.2, -0.15) is 5.10 Å². The minimum absolute atomic E-state index is 0.789. The zero-order valence-electron chi connectivity index (χ0n) is 16.9. The minimum Gasteiger partial charge on any atom is -0.378 e. The maximum Gasteiger partial charge on any atom is 0.211 e. The summed E-state index contributed by atoms with van der Waals surface area (Å²) < 4.78 is 7.38. The predicted molar refractivity (Wildman–Crippen MR) is 130 cm³/mol. The number of para-hydroxylation sites is 1. The molecule has 0 bridgehead atoms. The average molecular weight is 447 g/mol. The summed E-state index contributed by atoms with van der Waals surface area (Å²) in [6, 6.07) is 22.7. The van der Waals surface area contributed by atoms with Crippen LogP contribution in [0.4, 0.5) is 11.4 Å². The molecule has 1 aliphatic heterocycles. The van der Waals surface area contributed by atoms with E-state index in [1.54, 1.807) is 22.7 Å². The molecule has 3 heterocycles. The van der Waals surface area contributed by atoms with E-state index in [0.717, 1.165) is 48.0 Å². The molecule has 0 spiro atoms. The highest BCUT2D eigenvalue weighted by atomic mass is 32.1. The molecule has 5 rings (SSSR count). The fourth-order valence-electron chi connectivity index (χ4n) is 3.41. The predicted octanol–water partition coefficient (Wildman–Crippen LogP) is 5.23. The Labute approximate surface area is 189 Å². The third-order valence-electron chi connectivity index (χ3n) is 5.03. The second-order valence-electron chi connectivity index (χ2n) is 7.08. The number of thiazole rings is 1. The van der Waals surface area contributed by atoms with Crippen LogP contribution in [0.5, 0.6) is 0 Å². The first kappa shape index (κ1) is 19.9. The Balaban J connectivity index is 1.47. The third-order valence-corrected chi connectivity index (χ3v) is 6.74. The van der Waals surface area contributed by atoms with E-state index < -0.39 is 0 Å². The lowest BCUT2D eigenvalue weighted by Crippen LogP contribution is -2.36. The van der Waals surface area contributed by atoms with Gasteiger partial charge >= 0.3 is 0 Å². The molecule has 0 saturated carbocycles. The van der Waals surface area contributed by atoms with Gasteiger partial charge in [0.2, 0.25) is 4.80 Å². The van der Waals surface area contributed by atoms with Gasteiger partial charge in [-0.05, 0) is 41.3 Å². The quantitative estimate of drug-likeness (QED) is 0.394. The smallest absolute Gasteiger partial charge is 0.211 e. The van der Waals surface area contributed by atoms with Crippen molar-refractivity contribution in [3.8, 4) is 10.6 Å². The lowest BCUT2D eigenvalue weighted by atomic mass is 10.2. The number of hydrogen-bond acceptors (Lipinski definition) is 6. The molecule has 1 saturated heterocycles. The number of thiophene rings is 1. The average Bonchev–Trinajstić information content (AvgIpc) is 3.49. The molecule has 2 aromatic carbocycles. The molecule has 1 fully saturated rings. The molecule has 4 aromatic rings. The molecule has 0 N–H and O–H groups in total. The van der Waals surface area contributed by atoms with Crippen molar-refractivity contribution in [2.45, 2.75) is 0 Å². The highest BCUT2D eigenvalue weighted by molar-refractivity contribution is 7.14. The van der Waals surface area contributed by atoms with E-state index in [9.17, 15) is 0 Å². The number of aromatic nitrogens is 1. The van der Waals surface area contributed by atoms with Crippen LogP contribution >= 0.6 is 22.7 Å². The lowest BCUT2D eigenvalue weighted by Gasteiger charge is -2.28. The summed E-state index contributed by atoms with van der Waals surface area (Å²) in [5.41, 5.74) is 4.25. The van der Waals surface area contributed by atoms with Crippen LogP contribution in [-0.4, -0.2) is 37.2 Å². The van der Waals surface area contributed by atoms with E-state index in [2.05, 4.69) is 52.1 Å². The molecule has 0 unspecified atom stereocenters. The van der Waals surface area contributed by atoms with E-state index in [4.69, 9.17) is 14.8 Å². The van der Waals surface area contributed by atoms with Crippen LogP contribution < -0.4 is 9.70 Å². The van der Waals surface area contributed by atoms with E-state index in [1.807, 2.05) is 41.2 Å². The maximum atomic E-state index is 5.45. The lowest BCUT2D eigenvalue weighted by molar-refractivity contribution is 0.122. The minimum atomic E-state index is 0.789. The van der Waals surface area contributed by atoms with Crippen LogP contribution in [0.1, 0.15) is 5.56 Å². The van der Waals surface area contributed by atoms with Crippen molar-refractivity contribution in [3.05, 3.63) is 87.9 Å². The maximum absolute atomic E-state index is 5.45. The summed E-state index contributed by atoms with van der Waals surface area (Å²) >= 11 is 3.30. The first-order valence-corrected chi connectivity index (χ1v) is 11.9. The Morgan fingerprint density at radius 1 is 0.871 bits per heavy atom. The van der Waals surface area contributed by atoms with Crippen molar-refractivity contribution in [3.63, 3.8) is 0 Å². The fraction of sp³-hybridized carbons (Fsp3) is 0.167. The highest BCUT2D eigenvalue weighted by Crippen LogP contribution is 2.25. The highest BCUT2D eigenvalue weighted by Gasteiger charge is 2.11. The van der Waals surface area contributed by atoms with Crippen LogP contribution in [0.3, 0.4) is 0 Å². The summed E-state index contributed by atoms with van der Waals surface area (Å²) in [4.78, 5) is 9.18. The zero-order valence-corrected chi connectivity index (χ0v) is 18.6. The molecular weight excluding hydrogens is 424 g/mol. The summed E-state index contributed by atoms with van der Waals surface area (Å²) in [6.07, 6.45) is 1.90. The van der Waals surface area contributed by atoms with Crippen LogP contribution in [0.25, 0.3) is 10.6 Å². The Morgan fingerprint density at radius 3 is 2.42 bits per heavy atom. The monoisotopic (exact) mass is 446 g/mol. The third kappa shape index (κ3) is 4.69. The Morgan fingerprint density at radius 2 is 1.68 bits per heavy atom. The largest absolute Gasteiger partial charge is 0.378 e. The van der Waals surface area contributed by atoms with E-state index in [0.29, 0.717) is 0 Å². The van der Waals surface area contributed by atoms with Crippen LogP contribution in [-0.2, 0) is 4.74 Å². The first-order valence-electron chi connectivity index (χ1n) is 10.2. The van der Waals surface area contributed by atoms with Crippen molar-refractivity contribution >= 4 is 40.3 Å². The molecule has 0 atom stereocenters. The van der Waals surface area contributed by atoms with E-state index in [-0.39, 0.29) is 0 Å². The van der Waals surface area contributed by atoms with Crippen molar-refractivity contribution in [2.24, 2.45) is 10.1 Å². The molecule has 1 aliphatic rings. The van der Waals surface area contributed by atoms with Crippen LogP contribution in [0, 0.1) is 0 Å². The van der Waals surface area contributed by atoms with Crippen molar-refractivity contribution in [2.75, 3.05) is 31.2 Å². The number of rotatable bonds is 5. The topological polar surface area (TPSA) is 42.1 Å². The molecule has 0 aliphatic carbocycles. The number of ether oxygens (including phenoxy) is 1. The Kier molecular flexibility index (Phi) is 6.06. The van der Waals surface area contributed by atoms with Crippen molar-refractivity contribution in [1.29, 1.82) is 0 Å². The molecule has 156 valence electrons. The van der Waals surface area contributed by atoms with Gasteiger partial charge in [-0.3, -0.25) is 0 Å². The molecule has 0 amide bonds. The number of hydrogen-bond donors (Lipinski definition) is 0. The Bertz CT molecular complexity index is 1200. The zero-order chi connectivity index (χ0) is 20.9. The fourth-order valence-corrected chi connectivity index (χ4v) is 5.06. The summed E-state index contributed by atoms with van der Waals surface area (Å²) in [5, 5.41) is 9.01. The second kappa shape index (κ2) is 9.43. The molecular formula is C24H22N4OS2. The molecule has 31 heavy (non-hydrogen) atoms. The Hall–Kier alpha value is -3.00. The second-order valence-corrected chi connectivity index (χ2v) is 8.86. The SMILES string of the molecule is C(=Nn1c(-c2cccs2)csc1=Nc1ccccc1)c1ccc(N2CCOCC2)cc1. The molecule has 7 heteroatoms. The van der Waals surface area contributed by atoms with E-state index in [1.165, 1.54) is 10.6 Å². The van der Waals surface area contributed by atoms with Gasteiger partial charge in [-0.15, -0.1) is 22.7 Å². The normalized spacial score (nSPS) is 15.1. The van der Waals surface area contributed by atoms with Crippen LogP contribution in [0.2, 0.25) is 0 Å². The number of anilines is 1. The summed E-state index contributed by atoms with van der Waals surface area (Å²) in [6.45, 7) is 3.45. The molecule has 0 radical (unpaired) electrons. The van der Waals surface area contributed by atoms with Gasteiger partial charge in [0, 0.05) is 24.2 Å². The first-order chi connectivity index (χ1) is 15.4. The van der Waals surface area contributed by atoms with Crippen molar-refractivity contribution < 1.29 is 4.74 Å². The van der Waals surface area contributed by atoms with Crippen LogP contribution in [0.15, 0.2) is 87.6 Å². The number of morpholine rings is 1. The van der Waals surface area contributed by atoms with Gasteiger partial charge in [0.15, 0.2) is 0 Å². The molecule has 5 nitrogen and oxygen atoms in total. The van der Waals surface area contributed by atoms with Gasteiger partial charge in [0.25, 0.3) is 0 Å². The van der Waals surface area contributed by atoms with Gasteiger partial charge in [-0.1, -0.05) is 36.4 Å². The van der Waals surface area contributed by atoms with Gasteiger partial charge in [0.1, 0.15) is 0 Å². The van der Waals surface area contributed by atoms with E-state index >= 15 is 0 Å². The van der Waals surface area contributed by atoms with Gasteiger partial charge in [0.05, 0.1) is 35.7 Å². The summed E-state index contributed by atoms with van der Waals surface area (Å²) in [7, 11) is 0. The molecule has 2 aromatic heterocycles. The number of nitrogens with zero attached hydrogens (tertiary/aromatic N) is 4. The van der Waals surface area contributed by atoms with Crippen molar-refractivity contribution in [1.82, 2.24) is 4.68 Å². The summed E-state index contributed by atoms with van der Waals surface area (Å²) in [5.74, 6) is 0. The standard InChI is InChI=1S/C24H22N4OS2/c1-2-5-20(6-3-1)26-24-28(22(18-31-24)23-7-4-16-30-23)25-17-19-8-10-21(11-9-19)27-12-14-29-15-13-27/h1-11,16-18H,12-15H2.